The Morgan fingerprint density at radius 1 is 0.822 bits per heavy atom. The van der Waals surface area contributed by atoms with Crippen molar-refractivity contribution in [1.82, 2.24) is 10.2 Å². The lowest BCUT2D eigenvalue weighted by atomic mass is 10.0. The summed E-state index contributed by atoms with van der Waals surface area (Å²) >= 11 is 6.46. The summed E-state index contributed by atoms with van der Waals surface area (Å²) in [5.74, 6) is -0.821. The molecule has 0 saturated carbocycles. The van der Waals surface area contributed by atoms with Gasteiger partial charge in [-0.05, 0) is 68.1 Å². The molecule has 0 radical (unpaired) electrons. The summed E-state index contributed by atoms with van der Waals surface area (Å²) in [5, 5.41) is 3.43. The molecule has 0 saturated heterocycles. The molecule has 4 aromatic rings. The Morgan fingerprint density at radius 2 is 1.42 bits per heavy atom. The molecule has 2 atom stereocenters. The van der Waals surface area contributed by atoms with Gasteiger partial charge in [-0.25, -0.2) is 8.42 Å². The largest absolute Gasteiger partial charge is 0.352 e. The Hall–Kier alpha value is -4.14. The first-order valence-electron chi connectivity index (χ1n) is 15.0. The molecule has 0 bridgehead atoms. The Kier molecular flexibility index (Phi) is 11.4. The number of nitrogens with zero attached hydrogens (tertiary/aromatic N) is 2. The maximum Gasteiger partial charge on any atom is 0.264 e. The van der Waals surface area contributed by atoms with Crippen molar-refractivity contribution in [2.45, 2.75) is 64.1 Å². The van der Waals surface area contributed by atoms with E-state index in [4.69, 9.17) is 11.6 Å². The standard InChI is InChI=1S/C36H40ClN3O4S/c1-5-27(3)38-36(42)34(23-29-13-8-6-9-14-29)39(24-30-15-10-7-11-16-30)35(41)25-40(33-18-12-17-32(37)28(33)4)45(43,44)31-21-19-26(2)20-22-31/h6-22,27,34H,5,23-25H2,1-4H3,(H,38,42). The van der Waals surface area contributed by atoms with Crippen LogP contribution in [0.2, 0.25) is 5.02 Å². The van der Waals surface area contributed by atoms with Crippen LogP contribution in [-0.4, -0.2) is 43.8 Å². The van der Waals surface area contributed by atoms with Gasteiger partial charge >= 0.3 is 0 Å². The molecular weight excluding hydrogens is 606 g/mol. The number of amides is 2. The van der Waals surface area contributed by atoms with Gasteiger partial charge in [-0.2, -0.15) is 0 Å². The molecule has 4 aromatic carbocycles. The highest BCUT2D eigenvalue weighted by Crippen LogP contribution is 2.31. The fourth-order valence-electron chi connectivity index (χ4n) is 4.99. The average Bonchev–Trinajstić information content (AvgIpc) is 3.04. The molecule has 0 aliphatic rings. The lowest BCUT2D eigenvalue weighted by Crippen LogP contribution is -2.54. The number of halogens is 1. The predicted octanol–water partition coefficient (Wildman–Crippen LogP) is 6.71. The predicted molar refractivity (Wildman–Crippen MR) is 181 cm³/mol. The summed E-state index contributed by atoms with van der Waals surface area (Å²) in [7, 11) is -4.21. The van der Waals surface area contributed by atoms with E-state index in [0.717, 1.165) is 21.0 Å². The van der Waals surface area contributed by atoms with E-state index in [1.54, 1.807) is 37.3 Å². The number of anilines is 1. The highest BCUT2D eigenvalue weighted by atomic mass is 35.5. The first-order chi connectivity index (χ1) is 21.5. The van der Waals surface area contributed by atoms with Gasteiger partial charge < -0.3 is 10.2 Å². The number of sulfonamides is 1. The van der Waals surface area contributed by atoms with Crippen LogP contribution in [0, 0.1) is 13.8 Å². The quantitative estimate of drug-likeness (QED) is 0.175. The van der Waals surface area contributed by atoms with Gasteiger partial charge in [0.2, 0.25) is 11.8 Å². The number of nitrogens with one attached hydrogen (secondary N) is 1. The maximum absolute atomic E-state index is 14.6. The Balaban J connectivity index is 1.82. The second-order valence-electron chi connectivity index (χ2n) is 11.2. The van der Waals surface area contributed by atoms with E-state index in [-0.39, 0.29) is 29.8 Å². The minimum atomic E-state index is -4.21. The molecule has 0 heterocycles. The molecule has 45 heavy (non-hydrogen) atoms. The molecule has 236 valence electrons. The van der Waals surface area contributed by atoms with Gasteiger partial charge in [-0.15, -0.1) is 0 Å². The van der Waals surface area contributed by atoms with Crippen LogP contribution in [0.1, 0.15) is 42.5 Å². The van der Waals surface area contributed by atoms with E-state index < -0.39 is 28.5 Å². The van der Waals surface area contributed by atoms with Crippen molar-refractivity contribution < 1.29 is 18.0 Å². The van der Waals surface area contributed by atoms with Crippen LogP contribution in [0.4, 0.5) is 5.69 Å². The highest BCUT2D eigenvalue weighted by Gasteiger charge is 2.35. The molecule has 4 rings (SSSR count). The SMILES string of the molecule is CCC(C)NC(=O)C(Cc1ccccc1)N(Cc1ccccc1)C(=O)CN(c1cccc(Cl)c1C)S(=O)(=O)c1ccc(C)cc1. The van der Waals surface area contributed by atoms with E-state index in [1.165, 1.54) is 17.0 Å². The number of carbonyl (C=O) groups excluding carboxylic acids is 2. The minimum Gasteiger partial charge on any atom is -0.352 e. The van der Waals surface area contributed by atoms with E-state index in [0.29, 0.717) is 22.7 Å². The highest BCUT2D eigenvalue weighted by molar-refractivity contribution is 7.92. The molecule has 2 unspecified atom stereocenters. The number of hydrogen-bond donors (Lipinski definition) is 1. The Bertz CT molecular complexity index is 1700. The molecule has 0 aliphatic heterocycles. The van der Waals surface area contributed by atoms with Crippen molar-refractivity contribution >= 4 is 39.1 Å². The van der Waals surface area contributed by atoms with Gasteiger partial charge in [0.25, 0.3) is 10.0 Å². The molecule has 0 aliphatic carbocycles. The van der Waals surface area contributed by atoms with Gasteiger partial charge in [0.1, 0.15) is 12.6 Å². The fraction of sp³-hybridized carbons (Fsp3) is 0.278. The third-order valence-electron chi connectivity index (χ3n) is 7.86. The zero-order valence-corrected chi connectivity index (χ0v) is 27.7. The number of aryl methyl sites for hydroxylation is 1. The second-order valence-corrected chi connectivity index (χ2v) is 13.5. The Labute approximate surface area is 271 Å². The molecule has 0 spiro atoms. The van der Waals surface area contributed by atoms with Gasteiger partial charge in [0.15, 0.2) is 0 Å². The summed E-state index contributed by atoms with van der Waals surface area (Å²) < 4.78 is 29.6. The van der Waals surface area contributed by atoms with Crippen LogP contribution in [0.15, 0.2) is 108 Å². The molecule has 9 heteroatoms. The maximum atomic E-state index is 14.6. The van der Waals surface area contributed by atoms with Crippen LogP contribution in [0.5, 0.6) is 0 Å². The molecule has 2 amide bonds. The summed E-state index contributed by atoms with van der Waals surface area (Å²) in [6, 6.07) is 29.3. The van der Waals surface area contributed by atoms with Crippen molar-refractivity contribution in [2.75, 3.05) is 10.8 Å². The number of hydrogen-bond acceptors (Lipinski definition) is 4. The first-order valence-corrected chi connectivity index (χ1v) is 16.8. The van der Waals surface area contributed by atoms with E-state index in [2.05, 4.69) is 5.32 Å². The van der Waals surface area contributed by atoms with Crippen molar-refractivity contribution in [3.05, 3.63) is 130 Å². The molecule has 0 aromatic heterocycles. The summed E-state index contributed by atoms with van der Waals surface area (Å²) in [4.78, 5) is 30.0. The zero-order chi connectivity index (χ0) is 32.6. The van der Waals surface area contributed by atoms with Gasteiger partial charge in [-0.1, -0.05) is 103 Å². The number of benzene rings is 4. The molecular formula is C36H40ClN3O4S. The zero-order valence-electron chi connectivity index (χ0n) is 26.1. The number of carbonyl (C=O) groups is 2. The lowest BCUT2D eigenvalue weighted by Gasteiger charge is -2.34. The van der Waals surface area contributed by atoms with Crippen molar-refractivity contribution in [2.24, 2.45) is 0 Å². The van der Waals surface area contributed by atoms with Gasteiger partial charge in [0, 0.05) is 24.0 Å². The van der Waals surface area contributed by atoms with Crippen LogP contribution in [0.25, 0.3) is 0 Å². The molecule has 1 N–H and O–H groups in total. The van der Waals surface area contributed by atoms with E-state index in [1.807, 2.05) is 81.4 Å². The number of rotatable bonds is 13. The third kappa shape index (κ3) is 8.53. The normalized spacial score (nSPS) is 12.6. The smallest absolute Gasteiger partial charge is 0.264 e. The average molecular weight is 646 g/mol. The minimum absolute atomic E-state index is 0.0465. The lowest BCUT2D eigenvalue weighted by molar-refractivity contribution is -0.140. The van der Waals surface area contributed by atoms with Crippen LogP contribution >= 0.6 is 11.6 Å². The van der Waals surface area contributed by atoms with Gasteiger partial charge in [0.05, 0.1) is 10.6 Å². The second kappa shape index (κ2) is 15.2. The van der Waals surface area contributed by atoms with E-state index in [9.17, 15) is 18.0 Å². The summed E-state index contributed by atoms with van der Waals surface area (Å²) in [6.07, 6.45) is 0.968. The van der Waals surface area contributed by atoms with Crippen molar-refractivity contribution in [3.63, 3.8) is 0 Å². The van der Waals surface area contributed by atoms with Crippen LogP contribution < -0.4 is 9.62 Å². The Morgan fingerprint density at radius 3 is 2.02 bits per heavy atom. The van der Waals surface area contributed by atoms with E-state index >= 15 is 0 Å². The fourth-order valence-corrected chi connectivity index (χ4v) is 6.63. The third-order valence-corrected chi connectivity index (χ3v) is 10.0. The monoisotopic (exact) mass is 645 g/mol. The van der Waals surface area contributed by atoms with Gasteiger partial charge in [-0.3, -0.25) is 13.9 Å². The van der Waals surface area contributed by atoms with Crippen LogP contribution in [-0.2, 0) is 32.6 Å². The van der Waals surface area contributed by atoms with Crippen molar-refractivity contribution in [1.29, 1.82) is 0 Å². The molecule has 0 fully saturated rings. The topological polar surface area (TPSA) is 86.8 Å². The van der Waals surface area contributed by atoms with Crippen LogP contribution in [0.3, 0.4) is 0 Å². The van der Waals surface area contributed by atoms with Crippen molar-refractivity contribution in [3.8, 4) is 0 Å². The molecule has 7 nitrogen and oxygen atoms in total. The summed E-state index contributed by atoms with van der Waals surface area (Å²) in [6.45, 7) is 7.06. The first kappa shape index (κ1) is 33.7. The summed E-state index contributed by atoms with van der Waals surface area (Å²) in [5.41, 5.74) is 3.41.